The number of nitrogens with zero attached hydrogens (tertiary/aromatic N) is 1. The van der Waals surface area contributed by atoms with Crippen molar-refractivity contribution in [3.8, 4) is 5.75 Å². The fourth-order valence-electron chi connectivity index (χ4n) is 1.76. The first-order valence-corrected chi connectivity index (χ1v) is 5.48. The second-order valence-electron chi connectivity index (χ2n) is 3.95. The second-order valence-corrected chi connectivity index (χ2v) is 3.95. The van der Waals surface area contributed by atoms with Crippen LogP contribution in [-0.2, 0) is 0 Å². The fourth-order valence-corrected chi connectivity index (χ4v) is 1.76. The Balaban J connectivity index is 2.18. The van der Waals surface area contributed by atoms with Crippen molar-refractivity contribution in [1.82, 2.24) is 0 Å². The number of hydrogen-bond donors (Lipinski definition) is 1. The highest BCUT2D eigenvalue weighted by molar-refractivity contribution is 5.95. The van der Waals surface area contributed by atoms with Gasteiger partial charge < -0.3 is 5.11 Å². The molecule has 2 heteroatoms. The van der Waals surface area contributed by atoms with Crippen LogP contribution in [0.3, 0.4) is 0 Å². The molecule has 0 fully saturated rings. The molecule has 0 saturated carbocycles. The topological polar surface area (TPSA) is 23.2 Å². The third-order valence-corrected chi connectivity index (χ3v) is 2.69. The van der Waals surface area contributed by atoms with Gasteiger partial charge in [-0.1, -0.05) is 12.1 Å². The molecule has 1 N–H and O–H groups in total. The SMILES string of the molecule is C[N+]1=C(/C=C/c2cccc(O)c2)CCC=C1. The van der Waals surface area contributed by atoms with Crippen LogP contribution in [0, 0.1) is 0 Å². The van der Waals surface area contributed by atoms with E-state index in [2.05, 4.69) is 30.0 Å². The number of benzene rings is 1. The zero-order chi connectivity index (χ0) is 11.4. The molecule has 0 saturated heterocycles. The predicted octanol–water partition coefficient (Wildman–Crippen LogP) is 2.80. The van der Waals surface area contributed by atoms with Gasteiger partial charge in [-0.15, -0.1) is 0 Å². The lowest BCUT2D eigenvalue weighted by Crippen LogP contribution is -2.12. The summed E-state index contributed by atoms with van der Waals surface area (Å²) in [4.78, 5) is 0. The van der Waals surface area contributed by atoms with Gasteiger partial charge in [0.05, 0.1) is 0 Å². The molecule has 1 heterocycles. The summed E-state index contributed by atoms with van der Waals surface area (Å²) in [5, 5.41) is 9.34. The van der Waals surface area contributed by atoms with E-state index in [0.29, 0.717) is 5.75 Å². The molecule has 1 aromatic rings. The van der Waals surface area contributed by atoms with Crippen molar-refractivity contribution in [2.45, 2.75) is 12.8 Å². The number of hydrogen-bond acceptors (Lipinski definition) is 1. The molecule has 0 amide bonds. The molecule has 0 radical (unpaired) electrons. The second kappa shape index (κ2) is 4.79. The van der Waals surface area contributed by atoms with E-state index in [1.807, 2.05) is 18.2 Å². The summed E-state index contributed by atoms with van der Waals surface area (Å²) in [5.74, 6) is 0.309. The maximum Gasteiger partial charge on any atom is 0.181 e. The van der Waals surface area contributed by atoms with Gasteiger partial charge in [-0.3, -0.25) is 0 Å². The van der Waals surface area contributed by atoms with Gasteiger partial charge in [0.1, 0.15) is 12.8 Å². The summed E-state index contributed by atoms with van der Waals surface area (Å²) >= 11 is 0. The van der Waals surface area contributed by atoms with E-state index >= 15 is 0 Å². The van der Waals surface area contributed by atoms with Crippen LogP contribution in [0.1, 0.15) is 18.4 Å². The van der Waals surface area contributed by atoms with Crippen molar-refractivity contribution in [3.63, 3.8) is 0 Å². The van der Waals surface area contributed by atoms with Gasteiger partial charge in [0.2, 0.25) is 0 Å². The standard InChI is InChI=1S/C14H15NO/c1-15-10-3-2-6-13(15)9-8-12-5-4-7-14(16)11-12/h3-5,7-11H,2,6H2,1H3/p+1/b9-8+. The van der Waals surface area contributed by atoms with Gasteiger partial charge in [0.15, 0.2) is 11.9 Å². The van der Waals surface area contributed by atoms with E-state index < -0.39 is 0 Å². The Morgan fingerprint density at radius 1 is 1.31 bits per heavy atom. The van der Waals surface area contributed by atoms with E-state index in [1.54, 1.807) is 12.1 Å². The van der Waals surface area contributed by atoms with Crippen LogP contribution in [0.4, 0.5) is 0 Å². The zero-order valence-corrected chi connectivity index (χ0v) is 9.43. The molecule has 1 aromatic carbocycles. The normalized spacial score (nSPS) is 16.1. The molecule has 1 aliphatic heterocycles. The van der Waals surface area contributed by atoms with Gasteiger partial charge >= 0.3 is 0 Å². The van der Waals surface area contributed by atoms with Gasteiger partial charge in [-0.05, 0) is 36.3 Å². The highest BCUT2D eigenvalue weighted by Gasteiger charge is 2.08. The molecule has 82 valence electrons. The van der Waals surface area contributed by atoms with Gasteiger partial charge in [0.25, 0.3) is 0 Å². The predicted molar refractivity (Wildman–Crippen MR) is 66.7 cm³/mol. The molecule has 0 atom stereocenters. The number of aromatic hydroxyl groups is 1. The lowest BCUT2D eigenvalue weighted by atomic mass is 10.1. The number of phenolic OH excluding ortho intramolecular Hbond substituents is 1. The molecular weight excluding hydrogens is 198 g/mol. The molecule has 2 rings (SSSR count). The largest absolute Gasteiger partial charge is 0.508 e. The molecule has 2 nitrogen and oxygen atoms in total. The quantitative estimate of drug-likeness (QED) is 0.752. The van der Waals surface area contributed by atoms with Crippen LogP contribution < -0.4 is 0 Å². The molecule has 16 heavy (non-hydrogen) atoms. The lowest BCUT2D eigenvalue weighted by Gasteiger charge is -2.02. The van der Waals surface area contributed by atoms with Gasteiger partial charge in [-0.25, -0.2) is 4.58 Å². The Kier molecular flexibility index (Phi) is 3.20. The van der Waals surface area contributed by atoms with Crippen molar-refractivity contribution < 1.29 is 9.68 Å². The van der Waals surface area contributed by atoms with E-state index in [0.717, 1.165) is 18.4 Å². The average Bonchev–Trinajstić information content (AvgIpc) is 2.28. The third kappa shape index (κ3) is 2.60. The summed E-state index contributed by atoms with van der Waals surface area (Å²) in [6.45, 7) is 0. The van der Waals surface area contributed by atoms with Crippen LogP contribution in [0.5, 0.6) is 5.75 Å². The maximum atomic E-state index is 9.34. The Hall–Kier alpha value is -1.83. The maximum absolute atomic E-state index is 9.34. The highest BCUT2D eigenvalue weighted by Crippen LogP contribution is 2.13. The molecular formula is C14H16NO+. The van der Waals surface area contributed by atoms with E-state index in [1.165, 1.54) is 5.71 Å². The fraction of sp³-hybridized carbons (Fsp3) is 0.214. The minimum atomic E-state index is 0.309. The van der Waals surface area contributed by atoms with Gasteiger partial charge in [-0.2, -0.15) is 0 Å². The van der Waals surface area contributed by atoms with Crippen molar-refractivity contribution in [3.05, 3.63) is 48.2 Å². The Bertz CT molecular complexity index is 469. The summed E-state index contributed by atoms with van der Waals surface area (Å²) in [6.07, 6.45) is 10.6. The lowest BCUT2D eigenvalue weighted by molar-refractivity contribution is -0.424. The highest BCUT2D eigenvalue weighted by atomic mass is 16.3. The third-order valence-electron chi connectivity index (χ3n) is 2.69. The van der Waals surface area contributed by atoms with Crippen molar-refractivity contribution >= 4 is 11.8 Å². The number of allylic oxidation sites excluding steroid dienone is 2. The van der Waals surface area contributed by atoms with Crippen LogP contribution >= 0.6 is 0 Å². The van der Waals surface area contributed by atoms with Crippen molar-refractivity contribution in [2.24, 2.45) is 0 Å². The number of phenols is 1. The van der Waals surface area contributed by atoms with Gasteiger partial charge in [0, 0.05) is 12.5 Å². The van der Waals surface area contributed by atoms with E-state index in [9.17, 15) is 5.11 Å². The van der Waals surface area contributed by atoms with Crippen LogP contribution in [-0.4, -0.2) is 22.4 Å². The van der Waals surface area contributed by atoms with Crippen molar-refractivity contribution in [1.29, 1.82) is 0 Å². The molecule has 1 aliphatic rings. The summed E-state index contributed by atoms with van der Waals surface area (Å²) in [7, 11) is 2.05. The van der Waals surface area contributed by atoms with Crippen LogP contribution in [0.15, 0.2) is 42.6 Å². The summed E-state index contributed by atoms with van der Waals surface area (Å²) in [5.41, 5.74) is 2.32. The van der Waals surface area contributed by atoms with Crippen molar-refractivity contribution in [2.75, 3.05) is 7.05 Å². The first-order valence-electron chi connectivity index (χ1n) is 5.48. The first kappa shape index (κ1) is 10.7. The smallest absolute Gasteiger partial charge is 0.181 e. The molecule has 0 unspecified atom stereocenters. The Morgan fingerprint density at radius 2 is 2.19 bits per heavy atom. The minimum Gasteiger partial charge on any atom is -0.508 e. The van der Waals surface area contributed by atoms with Crippen LogP contribution in [0.2, 0.25) is 0 Å². The first-order chi connectivity index (χ1) is 7.75. The molecule has 0 spiro atoms. The Morgan fingerprint density at radius 3 is 2.94 bits per heavy atom. The minimum absolute atomic E-state index is 0.309. The molecule has 0 aliphatic carbocycles. The summed E-state index contributed by atoms with van der Waals surface area (Å²) in [6, 6.07) is 7.27. The van der Waals surface area contributed by atoms with E-state index in [4.69, 9.17) is 0 Å². The zero-order valence-electron chi connectivity index (χ0n) is 9.43. The van der Waals surface area contributed by atoms with Crippen LogP contribution in [0.25, 0.3) is 6.08 Å². The average molecular weight is 214 g/mol. The monoisotopic (exact) mass is 214 g/mol. The number of rotatable bonds is 2. The Labute approximate surface area is 95.9 Å². The molecule has 0 aromatic heterocycles. The van der Waals surface area contributed by atoms with E-state index in [-0.39, 0.29) is 0 Å². The molecule has 0 bridgehead atoms. The summed E-state index contributed by atoms with van der Waals surface area (Å²) < 4.78 is 2.13.